The Kier molecular flexibility index (Phi) is 6.37. The number of benzene rings is 1. The molecule has 1 N–H and O–H groups in total. The van der Waals surface area contributed by atoms with Gasteiger partial charge in [0.2, 0.25) is 0 Å². The highest BCUT2D eigenvalue weighted by Gasteiger charge is 2.37. The summed E-state index contributed by atoms with van der Waals surface area (Å²) in [7, 11) is 0. The van der Waals surface area contributed by atoms with Gasteiger partial charge in [0, 0.05) is 58.4 Å². The smallest absolute Gasteiger partial charge is 0.280 e. The van der Waals surface area contributed by atoms with Gasteiger partial charge < -0.3 is 10.2 Å². The normalized spacial score (nSPS) is 21.1. The fourth-order valence-electron chi connectivity index (χ4n) is 3.36. The summed E-state index contributed by atoms with van der Waals surface area (Å²) in [5.74, 6) is 0. The first-order valence-corrected chi connectivity index (χ1v) is 9.40. The summed E-state index contributed by atoms with van der Waals surface area (Å²) in [6.07, 6.45) is 3.13. The Morgan fingerprint density at radius 2 is 2.26 bits per heavy atom. The second kappa shape index (κ2) is 7.88. The number of carbonyl (C=O) groups excluding carboxylic acids is 1. The van der Waals surface area contributed by atoms with Crippen LogP contribution in [0, 0.1) is 6.92 Å². The molecule has 1 aliphatic rings. The molecular weight excluding hydrogens is 423 g/mol. The van der Waals surface area contributed by atoms with E-state index in [1.165, 1.54) is 5.56 Å². The van der Waals surface area contributed by atoms with Crippen LogP contribution in [0.25, 0.3) is 0 Å². The van der Waals surface area contributed by atoms with Crippen molar-refractivity contribution in [2.24, 2.45) is 0 Å². The molecule has 0 bridgehead atoms. The standard InChI is InChI=1S/C18H24ClIN2O/c1-13(2)22-10-4-7-18(12-22,8-9-21-17(20)23)15-6-5-14(3)16(19)11-15/h5-6,11H,1,4,7-10,12H2,2-3H3,(H,21,23)/t18-/m1/s1. The Morgan fingerprint density at radius 3 is 2.87 bits per heavy atom. The molecule has 0 radical (unpaired) electrons. The van der Waals surface area contributed by atoms with Gasteiger partial charge in [-0.15, -0.1) is 0 Å². The van der Waals surface area contributed by atoms with Crippen LogP contribution >= 0.6 is 34.2 Å². The second-order valence-electron chi connectivity index (χ2n) is 6.46. The van der Waals surface area contributed by atoms with Crippen molar-refractivity contribution in [1.82, 2.24) is 10.2 Å². The van der Waals surface area contributed by atoms with Gasteiger partial charge in [0.15, 0.2) is 0 Å². The lowest BCUT2D eigenvalue weighted by atomic mass is 9.71. The molecule has 1 aromatic carbocycles. The summed E-state index contributed by atoms with van der Waals surface area (Å²) < 4.78 is -0.00717. The molecule has 5 heteroatoms. The molecule has 3 nitrogen and oxygen atoms in total. The molecular formula is C18H24ClIN2O. The van der Waals surface area contributed by atoms with E-state index in [0.717, 1.165) is 48.6 Å². The van der Waals surface area contributed by atoms with Gasteiger partial charge in [-0.3, -0.25) is 4.79 Å². The number of piperidine rings is 1. The van der Waals surface area contributed by atoms with E-state index in [0.29, 0.717) is 6.54 Å². The number of halogens is 2. The van der Waals surface area contributed by atoms with Crippen molar-refractivity contribution in [2.45, 2.75) is 38.5 Å². The predicted octanol–water partition coefficient (Wildman–Crippen LogP) is 5.05. The fraction of sp³-hybridized carbons (Fsp3) is 0.500. The molecule has 0 aliphatic carbocycles. The molecule has 1 aliphatic heterocycles. The first-order chi connectivity index (χ1) is 10.8. The highest BCUT2D eigenvalue weighted by molar-refractivity contribution is 14.1. The minimum absolute atomic E-state index is 0.00717. The van der Waals surface area contributed by atoms with Crippen molar-refractivity contribution >= 4 is 38.1 Å². The van der Waals surface area contributed by atoms with Crippen molar-refractivity contribution in [2.75, 3.05) is 19.6 Å². The number of rotatable bonds is 5. The molecule has 1 amide bonds. The van der Waals surface area contributed by atoms with E-state index in [9.17, 15) is 4.79 Å². The number of aryl methyl sites for hydroxylation is 1. The van der Waals surface area contributed by atoms with Gasteiger partial charge in [-0.25, -0.2) is 0 Å². The molecule has 0 spiro atoms. The van der Waals surface area contributed by atoms with Crippen LogP contribution in [0.3, 0.4) is 0 Å². The maximum absolute atomic E-state index is 11.2. The predicted molar refractivity (Wildman–Crippen MR) is 106 cm³/mol. The van der Waals surface area contributed by atoms with Gasteiger partial charge in [-0.1, -0.05) is 30.3 Å². The molecule has 23 heavy (non-hydrogen) atoms. The van der Waals surface area contributed by atoms with Crippen LogP contribution in [0.2, 0.25) is 5.02 Å². The van der Waals surface area contributed by atoms with Gasteiger partial charge in [-0.05, 0) is 50.3 Å². The first kappa shape index (κ1) is 18.6. The molecule has 1 saturated heterocycles. The van der Waals surface area contributed by atoms with Crippen molar-refractivity contribution in [1.29, 1.82) is 0 Å². The van der Waals surface area contributed by atoms with E-state index in [-0.39, 0.29) is 9.33 Å². The van der Waals surface area contributed by atoms with E-state index < -0.39 is 0 Å². The SMILES string of the molecule is C=C(C)N1CCC[C@](CCNC(=O)I)(c2ccc(C)c(Cl)c2)C1. The van der Waals surface area contributed by atoms with E-state index in [1.54, 1.807) is 22.6 Å². The molecule has 0 saturated carbocycles. The summed E-state index contributed by atoms with van der Waals surface area (Å²) >= 11 is 8.16. The molecule has 2 rings (SSSR count). The Bertz CT molecular complexity index is 605. The quantitative estimate of drug-likeness (QED) is 0.390. The van der Waals surface area contributed by atoms with Crippen LogP contribution in [-0.4, -0.2) is 28.4 Å². The van der Waals surface area contributed by atoms with Gasteiger partial charge >= 0.3 is 0 Å². The Labute approximate surface area is 157 Å². The van der Waals surface area contributed by atoms with Crippen LogP contribution in [0.15, 0.2) is 30.5 Å². The van der Waals surface area contributed by atoms with E-state index >= 15 is 0 Å². The number of hydrogen-bond acceptors (Lipinski definition) is 2. The van der Waals surface area contributed by atoms with Crippen LogP contribution in [0.1, 0.15) is 37.3 Å². The molecule has 0 unspecified atom stereocenters. The number of allylic oxidation sites excluding steroid dienone is 1. The van der Waals surface area contributed by atoms with E-state index in [1.807, 2.05) is 6.92 Å². The van der Waals surface area contributed by atoms with Crippen molar-refractivity contribution < 1.29 is 4.79 Å². The lowest BCUT2D eigenvalue weighted by molar-refractivity contribution is 0.173. The minimum atomic E-state index is -0.00717. The third kappa shape index (κ3) is 4.63. The molecule has 126 valence electrons. The summed E-state index contributed by atoms with van der Waals surface area (Å²) in [6.45, 7) is 10.8. The van der Waals surface area contributed by atoms with E-state index in [2.05, 4.69) is 41.9 Å². The monoisotopic (exact) mass is 446 g/mol. The minimum Gasteiger partial charge on any atom is -0.375 e. The second-order valence-corrected chi connectivity index (χ2v) is 7.84. The van der Waals surface area contributed by atoms with Gasteiger partial charge in [-0.2, -0.15) is 0 Å². The number of amides is 1. The lowest BCUT2D eigenvalue weighted by Crippen LogP contribution is -2.46. The summed E-state index contributed by atoms with van der Waals surface area (Å²) in [6, 6.07) is 6.38. The number of nitrogens with zero attached hydrogens (tertiary/aromatic N) is 1. The van der Waals surface area contributed by atoms with E-state index in [4.69, 9.17) is 11.6 Å². The van der Waals surface area contributed by atoms with Gasteiger partial charge in [0.1, 0.15) is 0 Å². The summed E-state index contributed by atoms with van der Waals surface area (Å²) in [5.41, 5.74) is 3.47. The molecule has 1 aromatic rings. The topological polar surface area (TPSA) is 32.3 Å². The maximum atomic E-state index is 11.2. The number of likely N-dealkylation sites (tertiary alicyclic amines) is 1. The lowest BCUT2D eigenvalue weighted by Gasteiger charge is -2.45. The van der Waals surface area contributed by atoms with Crippen LogP contribution in [0.5, 0.6) is 0 Å². The zero-order valence-corrected chi connectivity index (χ0v) is 16.7. The molecule has 0 aromatic heterocycles. The van der Waals surface area contributed by atoms with Crippen LogP contribution < -0.4 is 5.32 Å². The largest absolute Gasteiger partial charge is 0.375 e. The highest BCUT2D eigenvalue weighted by atomic mass is 127. The summed E-state index contributed by atoms with van der Waals surface area (Å²) in [4.78, 5) is 13.6. The third-order valence-corrected chi connectivity index (χ3v) is 5.56. The molecule has 1 heterocycles. The highest BCUT2D eigenvalue weighted by Crippen LogP contribution is 2.39. The van der Waals surface area contributed by atoms with Crippen LogP contribution in [-0.2, 0) is 5.41 Å². The Morgan fingerprint density at radius 1 is 1.52 bits per heavy atom. The zero-order valence-electron chi connectivity index (χ0n) is 13.8. The maximum Gasteiger partial charge on any atom is 0.280 e. The first-order valence-electron chi connectivity index (χ1n) is 7.94. The van der Waals surface area contributed by atoms with Gasteiger partial charge in [0.05, 0.1) is 0 Å². The average Bonchev–Trinajstić information content (AvgIpc) is 2.49. The number of hydrogen-bond donors (Lipinski definition) is 1. The Balaban J connectivity index is 2.31. The zero-order chi connectivity index (χ0) is 17.0. The number of carbonyl (C=O) groups is 1. The molecule has 1 atom stereocenters. The van der Waals surface area contributed by atoms with Crippen molar-refractivity contribution in [3.8, 4) is 0 Å². The van der Waals surface area contributed by atoms with Crippen molar-refractivity contribution in [3.05, 3.63) is 46.6 Å². The van der Waals surface area contributed by atoms with Crippen molar-refractivity contribution in [3.63, 3.8) is 0 Å². The van der Waals surface area contributed by atoms with Gasteiger partial charge in [0.25, 0.3) is 3.91 Å². The van der Waals surface area contributed by atoms with Crippen LogP contribution in [0.4, 0.5) is 4.79 Å². The summed E-state index contributed by atoms with van der Waals surface area (Å²) in [5, 5.41) is 3.74. The third-order valence-electron chi connectivity index (χ3n) is 4.77. The number of nitrogens with one attached hydrogen (secondary N) is 1. The Hall–Kier alpha value is -0.750. The fourth-order valence-corrected chi connectivity index (χ4v) is 3.81. The molecule has 1 fully saturated rings. The average molecular weight is 447 g/mol.